The molecule has 18 heavy (non-hydrogen) atoms. The number of unbranched alkanes of at least 4 members (excludes halogenated alkanes) is 3. The third-order valence-corrected chi connectivity index (χ3v) is 11.7. The van der Waals surface area contributed by atoms with Gasteiger partial charge in [0.1, 0.15) is 0 Å². The molecule has 0 spiro atoms. The van der Waals surface area contributed by atoms with Gasteiger partial charge in [-0.15, -0.1) is 0 Å². The minimum absolute atomic E-state index is 0.839. The first-order chi connectivity index (χ1) is 8.35. The van der Waals surface area contributed by atoms with E-state index in [1.54, 1.807) is 13.3 Å². The van der Waals surface area contributed by atoms with E-state index in [1.165, 1.54) is 38.5 Å². The molecule has 0 heterocycles. The zero-order chi connectivity index (χ0) is 14.4. The van der Waals surface area contributed by atoms with Crippen LogP contribution in [0.2, 0.25) is 13.3 Å². The van der Waals surface area contributed by atoms with E-state index in [2.05, 4.69) is 20.8 Å². The molecule has 0 aliphatic rings. The molecule has 0 atom stereocenters. The first-order valence-electron chi connectivity index (χ1n) is 7.08. The van der Waals surface area contributed by atoms with Crippen LogP contribution in [0.15, 0.2) is 0 Å². The van der Waals surface area contributed by atoms with Crippen LogP contribution in [0.3, 0.4) is 0 Å². The second-order valence-electron chi connectivity index (χ2n) is 4.66. The molecule has 0 aliphatic carbocycles. The van der Waals surface area contributed by atoms with Gasteiger partial charge >= 0.3 is 101 Å². The average molecular weight is 386 g/mol. The van der Waals surface area contributed by atoms with Gasteiger partial charge in [0, 0.05) is 0 Å². The summed E-state index contributed by atoms with van der Waals surface area (Å²) in [6, 6.07) is 0. The molecule has 0 aromatic heterocycles. The molecule has 1 radical (unpaired) electrons. The quantitative estimate of drug-likeness (QED) is 0.459. The molecule has 0 fully saturated rings. The van der Waals surface area contributed by atoms with E-state index < -0.39 is 28.8 Å². The molecule has 0 saturated carbocycles. The molecule has 0 amide bonds. The molecule has 4 N–H and O–H groups in total. The second kappa shape index (κ2) is 14.3. The number of rotatable bonds is 9. The average Bonchev–Trinajstić information content (AvgIpc) is 2.26. The van der Waals surface area contributed by atoms with Crippen LogP contribution in [0.1, 0.15) is 59.3 Å². The Bertz CT molecular complexity index is 140. The van der Waals surface area contributed by atoms with Crippen LogP contribution < -0.4 is 0 Å². The Kier molecular flexibility index (Phi) is 16.8. The minimum atomic E-state index is -4.61. The van der Waals surface area contributed by atoms with Gasteiger partial charge in [0.15, 0.2) is 0 Å². The third kappa shape index (κ3) is 25.6. The van der Waals surface area contributed by atoms with Crippen molar-refractivity contribution in [2.75, 3.05) is 0 Å². The maximum atomic E-state index is 7.33. The molecule has 4 nitrogen and oxygen atoms in total. The maximum absolute atomic E-state index is 7.33. The normalized spacial score (nSPS) is 11.3. The SMILES string of the molecule is CCC[CH2][Sn]([CH2]CCC)[CH2]CCC.O[Si](O)(O)O. The smallest absolute Gasteiger partial charge is 0.368 e. The standard InChI is InChI=1S/3C4H9.H4O4Si.Sn/c3*1-3-4-2;1-5(2,3)4;/h3*1,3-4H2,2H3;1-4H;. The summed E-state index contributed by atoms with van der Waals surface area (Å²) < 4.78 is 5.04. The van der Waals surface area contributed by atoms with Gasteiger partial charge in [0.25, 0.3) is 0 Å². The Balaban J connectivity index is 0. The molecule has 6 heteroatoms. The van der Waals surface area contributed by atoms with Gasteiger partial charge in [-0.3, -0.25) is 0 Å². The van der Waals surface area contributed by atoms with E-state index in [4.69, 9.17) is 19.2 Å². The van der Waals surface area contributed by atoms with Gasteiger partial charge in [-0.05, 0) is 0 Å². The van der Waals surface area contributed by atoms with Crippen molar-refractivity contribution in [1.29, 1.82) is 0 Å². The Hall–Kier alpha value is 0.856. The van der Waals surface area contributed by atoms with Crippen LogP contribution in [0.25, 0.3) is 0 Å². The summed E-state index contributed by atoms with van der Waals surface area (Å²) in [5.74, 6) is 0. The fraction of sp³-hybridized carbons (Fsp3) is 1.00. The zero-order valence-electron chi connectivity index (χ0n) is 12.2. The summed E-state index contributed by atoms with van der Waals surface area (Å²) >= 11 is -0.839. The van der Waals surface area contributed by atoms with Crippen LogP contribution in [-0.2, 0) is 0 Å². The monoisotopic (exact) mass is 387 g/mol. The van der Waals surface area contributed by atoms with Crippen molar-refractivity contribution in [3.05, 3.63) is 0 Å². The summed E-state index contributed by atoms with van der Waals surface area (Å²) in [7, 11) is -4.61. The van der Waals surface area contributed by atoms with E-state index in [9.17, 15) is 0 Å². The molecular formula is C12H31O4SiSn. The fourth-order valence-electron chi connectivity index (χ4n) is 1.66. The molecule has 0 aliphatic heterocycles. The van der Waals surface area contributed by atoms with Gasteiger partial charge < -0.3 is 19.2 Å². The topological polar surface area (TPSA) is 80.9 Å². The van der Waals surface area contributed by atoms with Gasteiger partial charge in [0.05, 0.1) is 0 Å². The van der Waals surface area contributed by atoms with Gasteiger partial charge in [0.2, 0.25) is 0 Å². The molecule has 0 aromatic rings. The Morgan fingerprint density at radius 3 is 1.06 bits per heavy atom. The maximum Gasteiger partial charge on any atom is 0.668 e. The largest absolute Gasteiger partial charge is 0.668 e. The summed E-state index contributed by atoms with van der Waals surface area (Å²) in [6.45, 7) is 7.00. The zero-order valence-corrected chi connectivity index (χ0v) is 16.0. The molecule has 0 aromatic carbocycles. The summed E-state index contributed by atoms with van der Waals surface area (Å²) in [6.07, 6.45) is 8.85. The van der Waals surface area contributed by atoms with E-state index in [0.29, 0.717) is 0 Å². The van der Waals surface area contributed by atoms with E-state index >= 15 is 0 Å². The molecule has 0 unspecified atom stereocenters. The van der Waals surface area contributed by atoms with E-state index in [1.807, 2.05) is 0 Å². The fourth-order valence-corrected chi connectivity index (χ4v) is 11.1. The van der Waals surface area contributed by atoms with Crippen molar-refractivity contribution in [2.45, 2.75) is 72.6 Å². The molecule has 111 valence electrons. The molecule has 0 saturated heterocycles. The van der Waals surface area contributed by atoms with Gasteiger partial charge in [-0.2, -0.15) is 0 Å². The Morgan fingerprint density at radius 2 is 0.889 bits per heavy atom. The molecule has 0 bridgehead atoms. The summed E-state index contributed by atoms with van der Waals surface area (Å²) in [5.41, 5.74) is 0. The van der Waals surface area contributed by atoms with Crippen molar-refractivity contribution < 1.29 is 19.2 Å². The first-order valence-corrected chi connectivity index (χ1v) is 14.9. The molecular weight excluding hydrogens is 355 g/mol. The summed E-state index contributed by atoms with van der Waals surface area (Å²) in [4.78, 5) is 29.3. The minimum Gasteiger partial charge on any atom is -0.368 e. The van der Waals surface area contributed by atoms with Crippen LogP contribution in [0, 0.1) is 0 Å². The van der Waals surface area contributed by atoms with Crippen LogP contribution in [0.4, 0.5) is 0 Å². The predicted octanol–water partition coefficient (Wildman–Crippen LogP) is 2.27. The second-order valence-corrected chi connectivity index (χ2v) is 14.4. The van der Waals surface area contributed by atoms with Crippen molar-refractivity contribution in [3.63, 3.8) is 0 Å². The van der Waals surface area contributed by atoms with Crippen LogP contribution in [0.5, 0.6) is 0 Å². The number of hydrogen-bond acceptors (Lipinski definition) is 4. The third-order valence-electron chi connectivity index (χ3n) is 2.65. The Morgan fingerprint density at radius 1 is 0.667 bits per heavy atom. The van der Waals surface area contributed by atoms with Crippen LogP contribution in [-0.4, -0.2) is 48.0 Å². The van der Waals surface area contributed by atoms with E-state index in [0.717, 1.165) is 0 Å². The van der Waals surface area contributed by atoms with Crippen molar-refractivity contribution in [2.24, 2.45) is 0 Å². The molecule has 0 rings (SSSR count). The van der Waals surface area contributed by atoms with Gasteiger partial charge in [-0.25, -0.2) is 0 Å². The first kappa shape index (κ1) is 21.2. The van der Waals surface area contributed by atoms with Crippen molar-refractivity contribution >= 4 is 28.8 Å². The van der Waals surface area contributed by atoms with E-state index in [-0.39, 0.29) is 0 Å². The van der Waals surface area contributed by atoms with Crippen molar-refractivity contribution in [3.8, 4) is 0 Å². The summed E-state index contributed by atoms with van der Waals surface area (Å²) in [5, 5.41) is 0. The van der Waals surface area contributed by atoms with Gasteiger partial charge in [-0.1, -0.05) is 0 Å². The Labute approximate surface area is 120 Å². The predicted molar refractivity (Wildman–Crippen MR) is 79.5 cm³/mol. The number of hydrogen-bond donors (Lipinski definition) is 4. The van der Waals surface area contributed by atoms with Crippen LogP contribution >= 0.6 is 0 Å². The van der Waals surface area contributed by atoms with Crippen molar-refractivity contribution in [1.82, 2.24) is 0 Å².